The molecule has 0 saturated heterocycles. The quantitative estimate of drug-likeness (QED) is 0.443. The molecule has 5 nitrogen and oxygen atoms in total. The van der Waals surface area contributed by atoms with Crippen molar-refractivity contribution in [2.75, 3.05) is 6.26 Å². The van der Waals surface area contributed by atoms with E-state index in [1.165, 1.54) is 11.8 Å². The third kappa shape index (κ3) is 4.75. The van der Waals surface area contributed by atoms with Crippen molar-refractivity contribution in [1.82, 2.24) is 15.0 Å². The molecule has 31 heavy (non-hydrogen) atoms. The van der Waals surface area contributed by atoms with E-state index in [1.807, 2.05) is 12.1 Å². The summed E-state index contributed by atoms with van der Waals surface area (Å²) in [6.07, 6.45) is 5.73. The summed E-state index contributed by atoms with van der Waals surface area (Å²) in [4.78, 5) is 12.7. The van der Waals surface area contributed by atoms with Crippen LogP contribution in [0.15, 0.2) is 78.0 Å². The van der Waals surface area contributed by atoms with Gasteiger partial charge in [0.15, 0.2) is 9.84 Å². The molecule has 0 saturated carbocycles. The van der Waals surface area contributed by atoms with Gasteiger partial charge in [-0.25, -0.2) is 13.4 Å². The summed E-state index contributed by atoms with van der Waals surface area (Å²) in [5.74, 6) is 1.37. The Kier molecular flexibility index (Phi) is 5.74. The molecule has 0 atom stereocenters. The summed E-state index contributed by atoms with van der Waals surface area (Å²) < 4.78 is 23.6. The molecule has 4 rings (SSSR count). The van der Waals surface area contributed by atoms with E-state index in [1.54, 1.807) is 36.7 Å². The highest BCUT2D eigenvalue weighted by Crippen LogP contribution is 2.33. The highest BCUT2D eigenvalue weighted by Gasteiger charge is 2.16. The van der Waals surface area contributed by atoms with Gasteiger partial charge in [-0.1, -0.05) is 50.2 Å². The van der Waals surface area contributed by atoms with Crippen LogP contribution in [0, 0.1) is 5.92 Å². The lowest BCUT2D eigenvalue weighted by Crippen LogP contribution is -1.96. The van der Waals surface area contributed by atoms with Crippen LogP contribution >= 0.6 is 0 Å². The second kappa shape index (κ2) is 8.47. The summed E-state index contributed by atoms with van der Waals surface area (Å²) in [6, 6.07) is 19.2. The van der Waals surface area contributed by atoms with E-state index in [9.17, 15) is 8.42 Å². The molecule has 2 aromatic carbocycles. The third-order valence-electron chi connectivity index (χ3n) is 5.10. The zero-order valence-corrected chi connectivity index (χ0v) is 18.6. The van der Waals surface area contributed by atoms with Gasteiger partial charge in [0, 0.05) is 35.3 Å². The summed E-state index contributed by atoms with van der Waals surface area (Å²) in [6.45, 7) is 4.42. The van der Waals surface area contributed by atoms with Gasteiger partial charge in [0.2, 0.25) is 0 Å². The molecule has 158 valence electrons. The van der Waals surface area contributed by atoms with E-state index in [0.29, 0.717) is 10.8 Å². The van der Waals surface area contributed by atoms with E-state index in [-0.39, 0.29) is 0 Å². The van der Waals surface area contributed by atoms with E-state index < -0.39 is 9.84 Å². The Balaban J connectivity index is 1.78. The highest BCUT2D eigenvalue weighted by atomic mass is 32.2. The molecule has 0 spiro atoms. The van der Waals surface area contributed by atoms with Crippen LogP contribution in [-0.4, -0.2) is 29.6 Å². The van der Waals surface area contributed by atoms with Crippen molar-refractivity contribution in [3.63, 3.8) is 0 Å². The number of benzene rings is 2. The number of pyridine rings is 1. The highest BCUT2D eigenvalue weighted by molar-refractivity contribution is 7.90. The number of hydrogen-bond donors (Lipinski definition) is 1. The second-order valence-corrected chi connectivity index (χ2v) is 10.2. The van der Waals surface area contributed by atoms with Gasteiger partial charge in [0.1, 0.15) is 5.82 Å². The van der Waals surface area contributed by atoms with Gasteiger partial charge < -0.3 is 4.98 Å². The summed E-state index contributed by atoms with van der Waals surface area (Å²) in [7, 11) is -3.25. The molecule has 1 N–H and O–H groups in total. The average Bonchev–Trinajstić information content (AvgIpc) is 3.19. The summed E-state index contributed by atoms with van der Waals surface area (Å²) in [5.41, 5.74) is 5.76. The molecule has 2 heterocycles. The molecule has 0 unspecified atom stereocenters. The molecule has 6 heteroatoms. The molecule has 0 aliphatic carbocycles. The van der Waals surface area contributed by atoms with Crippen molar-refractivity contribution < 1.29 is 8.42 Å². The molecule has 0 bridgehead atoms. The van der Waals surface area contributed by atoms with Crippen LogP contribution < -0.4 is 0 Å². The first-order chi connectivity index (χ1) is 14.8. The Morgan fingerprint density at radius 1 is 0.839 bits per heavy atom. The number of imidazole rings is 1. The van der Waals surface area contributed by atoms with Crippen molar-refractivity contribution in [3.05, 3.63) is 78.6 Å². The fraction of sp³-hybridized carbons (Fsp3) is 0.200. The average molecular weight is 432 g/mol. The Hall–Kier alpha value is -3.25. The largest absolute Gasteiger partial charge is 0.337 e. The van der Waals surface area contributed by atoms with Crippen molar-refractivity contribution in [1.29, 1.82) is 0 Å². The van der Waals surface area contributed by atoms with E-state index >= 15 is 0 Å². The monoisotopic (exact) mass is 431 g/mol. The molecule has 0 radical (unpaired) electrons. The number of aromatic amines is 1. The fourth-order valence-electron chi connectivity index (χ4n) is 3.58. The predicted octanol–water partition coefficient (Wildman–Crippen LogP) is 5.41. The maximum atomic E-state index is 11.8. The Morgan fingerprint density at radius 3 is 2.03 bits per heavy atom. The third-order valence-corrected chi connectivity index (χ3v) is 6.23. The van der Waals surface area contributed by atoms with E-state index in [0.717, 1.165) is 40.3 Å². The molecule has 0 aliphatic rings. The first-order valence-electron chi connectivity index (χ1n) is 10.2. The molecule has 0 amide bonds. The smallest absolute Gasteiger partial charge is 0.175 e. The Morgan fingerprint density at radius 2 is 1.45 bits per heavy atom. The number of aromatic nitrogens is 3. The number of H-pyrrole nitrogens is 1. The first-order valence-corrected chi connectivity index (χ1v) is 12.1. The van der Waals surface area contributed by atoms with Gasteiger partial charge in [-0.15, -0.1) is 0 Å². The van der Waals surface area contributed by atoms with Crippen molar-refractivity contribution in [2.24, 2.45) is 5.92 Å². The van der Waals surface area contributed by atoms with E-state index in [4.69, 9.17) is 4.98 Å². The van der Waals surface area contributed by atoms with Crippen LogP contribution in [0.3, 0.4) is 0 Å². The van der Waals surface area contributed by atoms with Crippen LogP contribution in [0.5, 0.6) is 0 Å². The molecular formula is C25H25N3O2S. The molecular weight excluding hydrogens is 406 g/mol. The van der Waals surface area contributed by atoms with Crippen molar-refractivity contribution in [3.8, 4) is 33.9 Å². The van der Waals surface area contributed by atoms with E-state index in [2.05, 4.69) is 48.1 Å². The first kappa shape index (κ1) is 21.0. The van der Waals surface area contributed by atoms with Gasteiger partial charge in [-0.3, -0.25) is 4.98 Å². The second-order valence-electron chi connectivity index (χ2n) is 8.14. The van der Waals surface area contributed by atoms with Crippen LogP contribution in [-0.2, 0) is 16.3 Å². The lowest BCUT2D eigenvalue weighted by molar-refractivity contribution is 0.602. The predicted molar refractivity (Wildman–Crippen MR) is 124 cm³/mol. The van der Waals surface area contributed by atoms with Crippen LogP contribution in [0.25, 0.3) is 33.9 Å². The van der Waals surface area contributed by atoms with Gasteiger partial charge in [-0.2, -0.15) is 0 Å². The zero-order valence-electron chi connectivity index (χ0n) is 17.8. The van der Waals surface area contributed by atoms with Crippen LogP contribution in [0.4, 0.5) is 0 Å². The van der Waals surface area contributed by atoms with Crippen LogP contribution in [0.1, 0.15) is 19.4 Å². The lowest BCUT2D eigenvalue weighted by atomic mass is 10.0. The van der Waals surface area contributed by atoms with Crippen LogP contribution in [0.2, 0.25) is 0 Å². The minimum absolute atomic E-state index is 0.290. The van der Waals surface area contributed by atoms with Gasteiger partial charge in [0.05, 0.1) is 16.3 Å². The van der Waals surface area contributed by atoms with Gasteiger partial charge >= 0.3 is 0 Å². The normalized spacial score (nSPS) is 11.7. The topological polar surface area (TPSA) is 75.7 Å². The number of rotatable bonds is 6. The standard InChI is InChI=1S/C25H25N3O2S/c1-17(2)16-18-4-6-21(7-5-18)25-27-23(24(28-25)20-12-14-26-15-13-20)19-8-10-22(11-9-19)31(3,29)30/h4-15,17H,16H2,1-3H3,(H,27,28). The lowest BCUT2D eigenvalue weighted by Gasteiger charge is -2.05. The number of sulfone groups is 1. The Bertz CT molecular complexity index is 1280. The number of nitrogens with zero attached hydrogens (tertiary/aromatic N) is 2. The summed E-state index contributed by atoms with van der Waals surface area (Å²) in [5, 5.41) is 0. The summed E-state index contributed by atoms with van der Waals surface area (Å²) >= 11 is 0. The van der Waals surface area contributed by atoms with Gasteiger partial charge in [-0.05, 0) is 42.2 Å². The zero-order chi connectivity index (χ0) is 22.0. The SMILES string of the molecule is CC(C)Cc1ccc(-c2nc(-c3ccc(S(C)(=O)=O)cc3)c(-c3ccncc3)[nH]2)cc1. The molecule has 0 aliphatic heterocycles. The maximum absolute atomic E-state index is 11.8. The molecule has 4 aromatic rings. The Labute approximate surface area is 183 Å². The minimum Gasteiger partial charge on any atom is -0.337 e. The maximum Gasteiger partial charge on any atom is 0.175 e. The molecule has 2 aromatic heterocycles. The molecule has 0 fully saturated rings. The number of hydrogen-bond acceptors (Lipinski definition) is 4. The van der Waals surface area contributed by atoms with Crippen molar-refractivity contribution >= 4 is 9.84 Å². The number of nitrogens with one attached hydrogen (secondary N) is 1. The van der Waals surface area contributed by atoms with Crippen molar-refractivity contribution in [2.45, 2.75) is 25.2 Å². The fourth-order valence-corrected chi connectivity index (χ4v) is 4.21. The minimum atomic E-state index is -3.25. The van der Waals surface area contributed by atoms with Gasteiger partial charge in [0.25, 0.3) is 0 Å².